The number of nitrogen functional groups attached to an aromatic ring is 1. The van der Waals surface area contributed by atoms with Crippen molar-refractivity contribution in [3.63, 3.8) is 0 Å². The fourth-order valence-electron chi connectivity index (χ4n) is 1.43. The van der Waals surface area contributed by atoms with Gasteiger partial charge in [0.15, 0.2) is 5.65 Å². The Hall–Kier alpha value is -2.08. The van der Waals surface area contributed by atoms with E-state index in [1.165, 1.54) is 0 Å². The van der Waals surface area contributed by atoms with Gasteiger partial charge in [0.25, 0.3) is 0 Å². The first-order valence-electron chi connectivity index (χ1n) is 5.51. The molecule has 6 heteroatoms. The quantitative estimate of drug-likeness (QED) is 0.671. The molecule has 0 saturated carbocycles. The fourth-order valence-corrected chi connectivity index (χ4v) is 1.78. The van der Waals surface area contributed by atoms with Crippen molar-refractivity contribution in [2.24, 2.45) is 0 Å². The van der Waals surface area contributed by atoms with Crippen LogP contribution >= 0.6 is 15.9 Å². The van der Waals surface area contributed by atoms with Crippen LogP contribution in [-0.2, 0) is 0 Å². The van der Waals surface area contributed by atoms with Gasteiger partial charge in [-0.15, -0.1) is 13.2 Å². The van der Waals surface area contributed by atoms with Crippen molar-refractivity contribution in [3.05, 3.63) is 54.3 Å². The number of nitrogens with one attached hydrogen (secondary N) is 1. The van der Waals surface area contributed by atoms with Gasteiger partial charge in [-0.2, -0.15) is 9.61 Å². The highest BCUT2D eigenvalue weighted by atomic mass is 79.9. The molecule has 0 spiro atoms. The van der Waals surface area contributed by atoms with Gasteiger partial charge < -0.3 is 11.1 Å². The van der Waals surface area contributed by atoms with E-state index in [2.05, 4.69) is 51.1 Å². The number of allylic oxidation sites excluding steroid dienone is 2. The molecule has 0 radical (unpaired) electrons. The van der Waals surface area contributed by atoms with E-state index in [1.54, 1.807) is 22.9 Å². The lowest BCUT2D eigenvalue weighted by atomic mass is 10.4. The maximum atomic E-state index is 5.75. The number of rotatable bonds is 3. The topological polar surface area (TPSA) is 68.2 Å². The molecule has 2 rings (SSSR count). The Morgan fingerprint density at radius 1 is 1.53 bits per heavy atom. The van der Waals surface area contributed by atoms with E-state index < -0.39 is 0 Å². The lowest BCUT2D eigenvalue weighted by molar-refractivity contribution is 0.946. The Balaban J connectivity index is 0.000000861. The summed E-state index contributed by atoms with van der Waals surface area (Å²) in [7, 11) is 0. The smallest absolute Gasteiger partial charge is 0.173 e. The molecule has 0 atom stereocenters. The summed E-state index contributed by atoms with van der Waals surface area (Å²) >= 11 is 3.37. The van der Waals surface area contributed by atoms with Crippen molar-refractivity contribution in [3.8, 4) is 0 Å². The normalized spacial score (nSPS) is 10.7. The van der Waals surface area contributed by atoms with Crippen LogP contribution in [0.2, 0.25) is 0 Å². The molecule has 0 aliphatic rings. The molecular formula is C13H16BrN5. The average Bonchev–Trinajstić information content (AvgIpc) is 2.80. The summed E-state index contributed by atoms with van der Waals surface area (Å²) in [4.78, 5) is 4.20. The van der Waals surface area contributed by atoms with Crippen molar-refractivity contribution in [1.29, 1.82) is 0 Å². The second kappa shape index (κ2) is 6.75. The lowest BCUT2D eigenvalue weighted by Crippen LogP contribution is -2.06. The van der Waals surface area contributed by atoms with E-state index >= 15 is 0 Å². The van der Waals surface area contributed by atoms with Gasteiger partial charge in [0.05, 0.1) is 10.7 Å². The van der Waals surface area contributed by atoms with Gasteiger partial charge in [0, 0.05) is 11.8 Å². The van der Waals surface area contributed by atoms with E-state index in [0.29, 0.717) is 11.5 Å². The van der Waals surface area contributed by atoms with Crippen LogP contribution in [-0.4, -0.2) is 14.6 Å². The summed E-state index contributed by atoms with van der Waals surface area (Å²) < 4.78 is 2.47. The summed E-state index contributed by atoms with van der Waals surface area (Å²) in [6.45, 7) is 11.6. The third-order valence-electron chi connectivity index (χ3n) is 2.25. The molecule has 0 aliphatic carbocycles. The van der Waals surface area contributed by atoms with Crippen LogP contribution < -0.4 is 11.1 Å². The third-order valence-corrected chi connectivity index (χ3v) is 2.81. The number of fused-ring (bicyclic) bond motifs is 1. The summed E-state index contributed by atoms with van der Waals surface area (Å²) in [5, 5.41) is 7.39. The van der Waals surface area contributed by atoms with Gasteiger partial charge in [-0.05, 0) is 28.9 Å². The number of nitrogens with two attached hydrogens (primary N) is 1. The largest absolute Gasteiger partial charge is 0.384 e. The Kier molecular flexibility index (Phi) is 5.32. The molecule has 0 unspecified atom stereocenters. The maximum Gasteiger partial charge on any atom is 0.173 e. The Bertz CT molecular complexity index is 615. The molecular weight excluding hydrogens is 306 g/mol. The summed E-state index contributed by atoms with van der Waals surface area (Å²) in [5.41, 5.74) is 7.30. The minimum atomic E-state index is 0.431. The maximum absolute atomic E-state index is 5.75. The highest BCUT2D eigenvalue weighted by molar-refractivity contribution is 9.10. The van der Waals surface area contributed by atoms with E-state index in [4.69, 9.17) is 5.73 Å². The van der Waals surface area contributed by atoms with Gasteiger partial charge in [-0.3, -0.25) is 0 Å². The predicted molar refractivity (Wildman–Crippen MR) is 83.9 cm³/mol. The van der Waals surface area contributed by atoms with E-state index in [0.717, 1.165) is 16.0 Å². The van der Waals surface area contributed by atoms with Crippen LogP contribution in [0.3, 0.4) is 0 Å². The molecule has 0 fully saturated rings. The first-order valence-corrected chi connectivity index (χ1v) is 6.30. The zero-order valence-electron chi connectivity index (χ0n) is 10.7. The molecule has 0 aromatic carbocycles. The molecule has 2 aromatic rings. The molecule has 0 aliphatic heterocycles. The SMILES string of the molecule is C=C.C=C/C(=C\C)Nc1cc(N)nc2c(Br)cnn12. The lowest BCUT2D eigenvalue weighted by Gasteiger charge is -2.09. The molecule has 2 aromatic heterocycles. The number of hydrogen-bond donors (Lipinski definition) is 2. The van der Waals surface area contributed by atoms with Gasteiger partial charge in [-0.25, -0.2) is 4.98 Å². The van der Waals surface area contributed by atoms with Crippen molar-refractivity contribution >= 4 is 33.2 Å². The van der Waals surface area contributed by atoms with Crippen LogP contribution in [0.5, 0.6) is 0 Å². The summed E-state index contributed by atoms with van der Waals surface area (Å²) in [6.07, 6.45) is 5.31. The van der Waals surface area contributed by atoms with Gasteiger partial charge in [0.1, 0.15) is 11.6 Å². The van der Waals surface area contributed by atoms with Gasteiger partial charge in [0.2, 0.25) is 0 Å². The first kappa shape index (κ1) is 15.0. The Labute approximate surface area is 120 Å². The first-order chi connectivity index (χ1) is 9.15. The summed E-state index contributed by atoms with van der Waals surface area (Å²) in [6, 6.07) is 1.72. The number of halogens is 1. The second-order valence-electron chi connectivity index (χ2n) is 3.37. The standard InChI is InChI=1S/C11H12BrN5.C2H4/c1-3-7(4-2)15-10-5-9(13)16-11-8(12)6-14-17(10)11;1-2/h3-6,15H,1H2,2H3,(H2,13,16);1-2H2/b7-4+;. The van der Waals surface area contributed by atoms with Crippen LogP contribution in [0.15, 0.2) is 54.3 Å². The fraction of sp³-hybridized carbons (Fsp3) is 0.0769. The van der Waals surface area contributed by atoms with Gasteiger partial charge >= 0.3 is 0 Å². The molecule has 3 N–H and O–H groups in total. The zero-order chi connectivity index (χ0) is 14.4. The van der Waals surface area contributed by atoms with Crippen molar-refractivity contribution in [1.82, 2.24) is 14.6 Å². The van der Waals surface area contributed by atoms with Crippen molar-refractivity contribution in [2.75, 3.05) is 11.1 Å². The summed E-state index contributed by atoms with van der Waals surface area (Å²) in [5.74, 6) is 1.17. The minimum Gasteiger partial charge on any atom is -0.384 e. The van der Waals surface area contributed by atoms with Crippen LogP contribution in [0, 0.1) is 0 Å². The molecule has 100 valence electrons. The van der Waals surface area contributed by atoms with Gasteiger partial charge in [-0.1, -0.05) is 12.7 Å². The van der Waals surface area contributed by atoms with Crippen LogP contribution in [0.25, 0.3) is 5.65 Å². The Morgan fingerprint density at radius 3 is 2.79 bits per heavy atom. The van der Waals surface area contributed by atoms with Crippen LogP contribution in [0.4, 0.5) is 11.6 Å². The second-order valence-corrected chi connectivity index (χ2v) is 4.22. The van der Waals surface area contributed by atoms with Crippen molar-refractivity contribution in [2.45, 2.75) is 6.92 Å². The number of anilines is 2. The van der Waals surface area contributed by atoms with Crippen molar-refractivity contribution < 1.29 is 0 Å². The molecule has 5 nitrogen and oxygen atoms in total. The van der Waals surface area contributed by atoms with E-state index in [-0.39, 0.29) is 0 Å². The third kappa shape index (κ3) is 3.23. The molecule has 19 heavy (non-hydrogen) atoms. The average molecular weight is 322 g/mol. The Morgan fingerprint density at radius 2 is 2.21 bits per heavy atom. The minimum absolute atomic E-state index is 0.431. The highest BCUT2D eigenvalue weighted by Gasteiger charge is 2.08. The molecule has 0 bridgehead atoms. The highest BCUT2D eigenvalue weighted by Crippen LogP contribution is 2.21. The predicted octanol–water partition coefficient (Wildman–Crippen LogP) is 3.38. The molecule has 2 heterocycles. The number of hydrogen-bond acceptors (Lipinski definition) is 4. The van der Waals surface area contributed by atoms with E-state index in [9.17, 15) is 0 Å². The van der Waals surface area contributed by atoms with Crippen LogP contribution in [0.1, 0.15) is 6.92 Å². The number of aromatic nitrogens is 3. The number of nitrogens with zero attached hydrogens (tertiary/aromatic N) is 3. The molecule has 0 amide bonds. The van der Waals surface area contributed by atoms with E-state index in [1.807, 2.05) is 13.0 Å². The zero-order valence-corrected chi connectivity index (χ0v) is 12.3. The monoisotopic (exact) mass is 321 g/mol. The molecule has 0 saturated heterocycles.